The van der Waals surface area contributed by atoms with E-state index in [4.69, 9.17) is 9.84 Å². The van der Waals surface area contributed by atoms with Crippen LogP contribution < -0.4 is 4.74 Å². The van der Waals surface area contributed by atoms with E-state index in [1.54, 1.807) is 19.1 Å². The molecule has 0 aliphatic rings. The minimum atomic E-state index is -2.91. The molecule has 0 aromatic heterocycles. The normalized spacial score (nSPS) is 10.7. The summed E-state index contributed by atoms with van der Waals surface area (Å²) in [6.45, 7) is 2.09. The van der Waals surface area contributed by atoms with E-state index in [0.717, 1.165) is 5.56 Å². The van der Waals surface area contributed by atoms with Crippen molar-refractivity contribution >= 4 is 9.84 Å². The fourth-order valence-electron chi connectivity index (χ4n) is 1.47. The molecule has 0 saturated heterocycles. The van der Waals surface area contributed by atoms with Crippen molar-refractivity contribution in [1.29, 1.82) is 0 Å². The molecule has 0 aliphatic carbocycles. The van der Waals surface area contributed by atoms with Gasteiger partial charge in [-0.1, -0.05) is 18.8 Å². The summed E-state index contributed by atoms with van der Waals surface area (Å²) in [5.41, 5.74) is 0.861. The predicted octanol–water partition coefficient (Wildman–Crippen LogP) is 1.62. The lowest BCUT2D eigenvalue weighted by Crippen LogP contribution is -2.11. The topological polar surface area (TPSA) is 63.6 Å². The number of aliphatic hydroxyl groups excluding tert-OH is 1. The van der Waals surface area contributed by atoms with Gasteiger partial charge in [-0.15, -0.1) is 0 Å². The summed E-state index contributed by atoms with van der Waals surface area (Å²) in [7, 11) is -2.91. The Labute approximate surface area is 120 Å². The summed E-state index contributed by atoms with van der Waals surface area (Å²) >= 11 is 0. The zero-order valence-corrected chi connectivity index (χ0v) is 12.4. The summed E-state index contributed by atoms with van der Waals surface area (Å²) in [4.78, 5) is 0. The number of hydrogen-bond donors (Lipinski definition) is 1. The van der Waals surface area contributed by atoms with Crippen molar-refractivity contribution in [3.05, 3.63) is 29.8 Å². The Bertz CT molecular complexity index is 550. The first-order chi connectivity index (χ1) is 9.57. The fraction of sp³-hybridized carbons (Fsp3) is 0.467. The van der Waals surface area contributed by atoms with Crippen LogP contribution in [0, 0.1) is 11.8 Å². The van der Waals surface area contributed by atoms with Crippen LogP contribution in [0.15, 0.2) is 24.3 Å². The molecule has 1 rings (SSSR count). The second-order valence-corrected chi connectivity index (χ2v) is 6.71. The Morgan fingerprint density at radius 2 is 1.95 bits per heavy atom. The highest BCUT2D eigenvalue weighted by atomic mass is 32.2. The molecule has 0 amide bonds. The molecule has 5 heteroatoms. The van der Waals surface area contributed by atoms with Crippen molar-refractivity contribution in [2.45, 2.75) is 19.8 Å². The Balaban J connectivity index is 2.37. The van der Waals surface area contributed by atoms with Gasteiger partial charge in [-0.25, -0.2) is 8.42 Å². The third-order valence-corrected chi connectivity index (χ3v) is 4.42. The molecule has 0 unspecified atom stereocenters. The van der Waals surface area contributed by atoms with Crippen molar-refractivity contribution < 1.29 is 18.3 Å². The Morgan fingerprint density at radius 1 is 1.25 bits per heavy atom. The van der Waals surface area contributed by atoms with Crippen molar-refractivity contribution in [3.8, 4) is 17.6 Å². The highest BCUT2D eigenvalue weighted by molar-refractivity contribution is 7.91. The number of sulfone groups is 1. The first-order valence-corrected chi connectivity index (χ1v) is 8.42. The first kappa shape index (κ1) is 16.5. The van der Waals surface area contributed by atoms with Gasteiger partial charge in [-0.05, 0) is 30.7 Å². The maximum atomic E-state index is 11.3. The summed E-state index contributed by atoms with van der Waals surface area (Å²) in [6.07, 6.45) is 0.957. The first-order valence-electron chi connectivity index (χ1n) is 6.60. The van der Waals surface area contributed by atoms with Gasteiger partial charge in [0.2, 0.25) is 0 Å². The van der Waals surface area contributed by atoms with Gasteiger partial charge in [0, 0.05) is 17.7 Å². The van der Waals surface area contributed by atoms with Crippen LogP contribution in [0.3, 0.4) is 0 Å². The standard InChI is InChI=1S/C15H20O4S/c1-2-20(17,18)13-5-12-19-15-9-7-14(8-10-15)6-3-4-11-16/h7-10,16H,2,4-5,11-13H2,1H3. The molecule has 110 valence electrons. The molecule has 1 aromatic rings. The number of rotatable bonds is 7. The zero-order chi connectivity index (χ0) is 14.8. The lowest BCUT2D eigenvalue weighted by atomic mass is 10.2. The molecule has 0 spiro atoms. The second-order valence-electron chi connectivity index (χ2n) is 4.24. The number of hydrogen-bond acceptors (Lipinski definition) is 4. The molecule has 0 fully saturated rings. The van der Waals surface area contributed by atoms with E-state index in [1.165, 1.54) is 0 Å². The average Bonchev–Trinajstić information content (AvgIpc) is 2.45. The van der Waals surface area contributed by atoms with Crippen LogP contribution in [0.2, 0.25) is 0 Å². The molecule has 20 heavy (non-hydrogen) atoms. The third-order valence-electron chi connectivity index (χ3n) is 2.63. The van der Waals surface area contributed by atoms with Crippen LogP contribution in [0.25, 0.3) is 0 Å². The van der Waals surface area contributed by atoms with Crippen LogP contribution in [0.1, 0.15) is 25.3 Å². The van der Waals surface area contributed by atoms with Gasteiger partial charge in [-0.2, -0.15) is 0 Å². The minimum Gasteiger partial charge on any atom is -0.494 e. The van der Waals surface area contributed by atoms with Gasteiger partial charge in [0.25, 0.3) is 0 Å². The summed E-state index contributed by atoms with van der Waals surface area (Å²) in [5, 5.41) is 8.62. The molecule has 1 N–H and O–H groups in total. The van der Waals surface area contributed by atoms with Crippen molar-refractivity contribution in [2.75, 3.05) is 24.7 Å². The number of aliphatic hydroxyl groups is 1. The van der Waals surface area contributed by atoms with Crippen LogP contribution in [0.5, 0.6) is 5.75 Å². The van der Waals surface area contributed by atoms with E-state index in [2.05, 4.69) is 11.8 Å². The van der Waals surface area contributed by atoms with Crippen molar-refractivity contribution in [1.82, 2.24) is 0 Å². The molecule has 1 aromatic carbocycles. The molecule has 0 radical (unpaired) electrons. The van der Waals surface area contributed by atoms with Gasteiger partial charge >= 0.3 is 0 Å². The van der Waals surface area contributed by atoms with Crippen molar-refractivity contribution in [3.63, 3.8) is 0 Å². The van der Waals surface area contributed by atoms with Crippen LogP contribution in [-0.2, 0) is 9.84 Å². The third kappa shape index (κ3) is 6.60. The van der Waals surface area contributed by atoms with E-state index < -0.39 is 9.84 Å². The maximum Gasteiger partial charge on any atom is 0.150 e. The van der Waals surface area contributed by atoms with E-state index >= 15 is 0 Å². The molecule has 4 nitrogen and oxygen atoms in total. The van der Waals surface area contributed by atoms with E-state index in [-0.39, 0.29) is 18.1 Å². The van der Waals surface area contributed by atoms with Crippen LogP contribution in [0.4, 0.5) is 0 Å². The SMILES string of the molecule is CCS(=O)(=O)CCCOc1ccc(C#CCCO)cc1. The minimum absolute atomic E-state index is 0.0643. The van der Waals surface area contributed by atoms with Gasteiger partial charge in [0.15, 0.2) is 0 Å². The summed E-state index contributed by atoms with van der Waals surface area (Å²) < 4.78 is 28.1. The second kappa shape index (κ2) is 8.62. The van der Waals surface area contributed by atoms with Gasteiger partial charge < -0.3 is 9.84 Å². The van der Waals surface area contributed by atoms with E-state index in [0.29, 0.717) is 25.2 Å². The Kier molecular flexibility index (Phi) is 7.13. The highest BCUT2D eigenvalue weighted by Gasteiger charge is 2.06. The zero-order valence-electron chi connectivity index (χ0n) is 11.6. The van der Waals surface area contributed by atoms with Crippen molar-refractivity contribution in [2.24, 2.45) is 0 Å². The molecule has 0 bridgehead atoms. The molecule has 0 heterocycles. The molecular weight excluding hydrogens is 276 g/mol. The summed E-state index contributed by atoms with van der Waals surface area (Å²) in [5.74, 6) is 6.80. The number of benzene rings is 1. The predicted molar refractivity (Wildman–Crippen MR) is 79.5 cm³/mol. The molecule has 0 saturated carbocycles. The lowest BCUT2D eigenvalue weighted by molar-refractivity contribution is 0.305. The fourth-order valence-corrected chi connectivity index (χ4v) is 2.31. The average molecular weight is 296 g/mol. The largest absolute Gasteiger partial charge is 0.494 e. The molecule has 0 atom stereocenters. The van der Waals surface area contributed by atoms with Crippen LogP contribution >= 0.6 is 0 Å². The van der Waals surface area contributed by atoms with E-state index in [1.807, 2.05) is 12.1 Å². The smallest absolute Gasteiger partial charge is 0.150 e. The molecule has 0 aliphatic heterocycles. The summed E-state index contributed by atoms with van der Waals surface area (Å²) in [6, 6.07) is 7.28. The quantitative estimate of drug-likeness (QED) is 0.613. The van der Waals surface area contributed by atoms with Crippen LogP contribution in [-0.4, -0.2) is 38.2 Å². The van der Waals surface area contributed by atoms with Gasteiger partial charge in [0.1, 0.15) is 15.6 Å². The highest BCUT2D eigenvalue weighted by Crippen LogP contribution is 2.12. The lowest BCUT2D eigenvalue weighted by Gasteiger charge is -2.06. The van der Waals surface area contributed by atoms with Gasteiger partial charge in [-0.3, -0.25) is 0 Å². The number of ether oxygens (including phenoxy) is 1. The monoisotopic (exact) mass is 296 g/mol. The molecular formula is C15H20O4S. The Morgan fingerprint density at radius 3 is 2.55 bits per heavy atom. The maximum absolute atomic E-state index is 11.3. The Hall–Kier alpha value is -1.51. The van der Waals surface area contributed by atoms with Gasteiger partial charge in [0.05, 0.1) is 19.0 Å². The van der Waals surface area contributed by atoms with E-state index in [9.17, 15) is 8.42 Å².